The third kappa shape index (κ3) is 6.35. The molecule has 0 aliphatic heterocycles. The Morgan fingerprint density at radius 1 is 1.10 bits per heavy atom. The van der Waals surface area contributed by atoms with E-state index in [1.54, 1.807) is 31.4 Å². The third-order valence-corrected chi connectivity index (χ3v) is 4.44. The minimum atomic E-state index is -0.315. The van der Waals surface area contributed by atoms with Gasteiger partial charge >= 0.3 is 0 Å². The second-order valence-electron chi connectivity index (χ2n) is 6.70. The molecule has 1 aromatic heterocycles. The number of carbonyl (C=O) groups is 1. The number of aromatic nitrogens is 2. The van der Waals surface area contributed by atoms with Crippen LogP contribution in [0.2, 0.25) is 0 Å². The molecule has 0 aliphatic carbocycles. The largest absolute Gasteiger partial charge is 0.493 e. The molecule has 7 heteroatoms. The van der Waals surface area contributed by atoms with Crippen LogP contribution in [0.1, 0.15) is 27.9 Å². The molecule has 0 radical (unpaired) electrons. The highest BCUT2D eigenvalue weighted by Gasteiger charge is 2.12. The van der Waals surface area contributed by atoms with Crippen LogP contribution in [0, 0.1) is 5.82 Å². The van der Waals surface area contributed by atoms with Crippen LogP contribution in [0.25, 0.3) is 0 Å². The van der Waals surface area contributed by atoms with Gasteiger partial charge in [-0.25, -0.2) is 9.37 Å². The van der Waals surface area contributed by atoms with Crippen LogP contribution >= 0.6 is 0 Å². The standard InChI is InChI=1S/C23H24FN3O3/c1-29-11-4-12-30-20-14-17(7-8-18-5-2-3-6-21(18)24)13-19(15-20)23(28)27-22-16-25-9-10-26-22/h2-3,5-6,9-10,13-16H,4,7-8,11-12H2,1H3,(H,26,27,28). The number of nitrogens with one attached hydrogen (secondary N) is 1. The van der Waals surface area contributed by atoms with Crippen LogP contribution in [-0.4, -0.2) is 36.2 Å². The number of methoxy groups -OCH3 is 1. The van der Waals surface area contributed by atoms with E-state index in [9.17, 15) is 9.18 Å². The third-order valence-electron chi connectivity index (χ3n) is 4.44. The molecule has 1 heterocycles. The van der Waals surface area contributed by atoms with Crippen molar-refractivity contribution in [1.29, 1.82) is 0 Å². The van der Waals surface area contributed by atoms with Gasteiger partial charge in [0.15, 0.2) is 5.82 Å². The zero-order valence-electron chi connectivity index (χ0n) is 16.8. The molecule has 0 unspecified atom stereocenters. The molecule has 3 aromatic rings. The summed E-state index contributed by atoms with van der Waals surface area (Å²) in [4.78, 5) is 20.7. The maximum Gasteiger partial charge on any atom is 0.257 e. The Hall–Kier alpha value is -3.32. The zero-order chi connectivity index (χ0) is 21.2. The number of amides is 1. The zero-order valence-corrected chi connectivity index (χ0v) is 16.8. The number of rotatable bonds is 10. The summed E-state index contributed by atoms with van der Waals surface area (Å²) in [5.41, 5.74) is 1.95. The summed E-state index contributed by atoms with van der Waals surface area (Å²) in [6, 6.07) is 12.1. The van der Waals surface area contributed by atoms with Gasteiger partial charge in [-0.2, -0.15) is 0 Å². The maximum absolute atomic E-state index is 13.9. The Morgan fingerprint density at radius 3 is 2.73 bits per heavy atom. The molecule has 30 heavy (non-hydrogen) atoms. The molecule has 1 N–H and O–H groups in total. The van der Waals surface area contributed by atoms with Gasteiger partial charge in [-0.1, -0.05) is 18.2 Å². The fraction of sp³-hybridized carbons (Fsp3) is 0.261. The number of hydrogen-bond donors (Lipinski definition) is 1. The fourth-order valence-corrected chi connectivity index (χ4v) is 2.95. The first-order valence-corrected chi connectivity index (χ1v) is 9.72. The molecule has 0 fully saturated rings. The average Bonchev–Trinajstić information content (AvgIpc) is 2.77. The van der Waals surface area contributed by atoms with Gasteiger partial charge in [0.1, 0.15) is 11.6 Å². The lowest BCUT2D eigenvalue weighted by Gasteiger charge is -2.12. The number of anilines is 1. The SMILES string of the molecule is COCCCOc1cc(CCc2ccccc2F)cc(C(=O)Nc2cnccn2)c1. The molecule has 2 aromatic carbocycles. The minimum Gasteiger partial charge on any atom is -0.493 e. The average molecular weight is 409 g/mol. The van der Waals surface area contributed by atoms with Gasteiger partial charge in [0.25, 0.3) is 5.91 Å². The monoisotopic (exact) mass is 409 g/mol. The lowest BCUT2D eigenvalue weighted by Crippen LogP contribution is -2.14. The first kappa shape index (κ1) is 21.4. The quantitative estimate of drug-likeness (QED) is 0.511. The van der Waals surface area contributed by atoms with Gasteiger partial charge in [0.05, 0.1) is 12.8 Å². The van der Waals surface area contributed by atoms with Crippen molar-refractivity contribution in [3.05, 3.63) is 83.6 Å². The summed E-state index contributed by atoms with van der Waals surface area (Å²) in [6.07, 6.45) is 6.33. The molecule has 0 aliphatic rings. The van der Waals surface area contributed by atoms with E-state index in [0.717, 1.165) is 12.0 Å². The predicted octanol–water partition coefficient (Wildman–Crippen LogP) is 4.07. The lowest BCUT2D eigenvalue weighted by molar-refractivity contribution is 0.102. The van der Waals surface area contributed by atoms with Gasteiger partial charge in [0, 0.05) is 38.1 Å². The first-order valence-electron chi connectivity index (χ1n) is 9.72. The molecular weight excluding hydrogens is 385 g/mol. The van der Waals surface area contributed by atoms with Crippen LogP contribution in [0.15, 0.2) is 61.1 Å². The van der Waals surface area contributed by atoms with Crippen LogP contribution in [0.5, 0.6) is 5.75 Å². The number of benzene rings is 2. The van der Waals surface area contributed by atoms with Crippen LogP contribution < -0.4 is 10.1 Å². The fourth-order valence-electron chi connectivity index (χ4n) is 2.95. The van der Waals surface area contributed by atoms with Crippen molar-refractivity contribution in [2.24, 2.45) is 0 Å². The van der Waals surface area contributed by atoms with E-state index < -0.39 is 0 Å². The predicted molar refractivity (Wildman–Crippen MR) is 112 cm³/mol. The van der Waals surface area contributed by atoms with E-state index in [-0.39, 0.29) is 11.7 Å². The van der Waals surface area contributed by atoms with Crippen molar-refractivity contribution in [1.82, 2.24) is 9.97 Å². The van der Waals surface area contributed by atoms with Crippen LogP contribution in [0.3, 0.4) is 0 Å². The van der Waals surface area contributed by atoms with Crippen molar-refractivity contribution in [2.45, 2.75) is 19.3 Å². The van der Waals surface area contributed by atoms with Crippen molar-refractivity contribution in [3.8, 4) is 5.75 Å². The molecule has 3 rings (SSSR count). The Morgan fingerprint density at radius 2 is 1.97 bits per heavy atom. The molecule has 0 saturated carbocycles. The van der Waals surface area contributed by atoms with Gasteiger partial charge in [-0.3, -0.25) is 9.78 Å². The van der Waals surface area contributed by atoms with E-state index >= 15 is 0 Å². The molecule has 1 amide bonds. The van der Waals surface area contributed by atoms with Crippen molar-refractivity contribution in [3.63, 3.8) is 0 Å². The maximum atomic E-state index is 13.9. The van der Waals surface area contributed by atoms with E-state index in [2.05, 4.69) is 15.3 Å². The van der Waals surface area contributed by atoms with Crippen molar-refractivity contribution >= 4 is 11.7 Å². The second kappa shape index (κ2) is 11.0. The van der Waals surface area contributed by atoms with Crippen molar-refractivity contribution < 1.29 is 18.7 Å². The minimum absolute atomic E-state index is 0.231. The number of halogens is 1. The summed E-state index contributed by atoms with van der Waals surface area (Å²) in [5.74, 6) is 0.401. The Labute approximate surface area is 175 Å². The number of nitrogens with zero attached hydrogens (tertiary/aromatic N) is 2. The smallest absolute Gasteiger partial charge is 0.257 e. The molecule has 6 nitrogen and oxygen atoms in total. The van der Waals surface area contributed by atoms with Crippen molar-refractivity contribution in [2.75, 3.05) is 25.6 Å². The van der Waals surface area contributed by atoms with Gasteiger partial charge < -0.3 is 14.8 Å². The summed E-state index contributed by atoms with van der Waals surface area (Å²) in [5, 5.41) is 2.72. The van der Waals surface area contributed by atoms with Crippen LogP contribution in [-0.2, 0) is 17.6 Å². The first-order chi connectivity index (χ1) is 14.7. The molecule has 0 saturated heterocycles. The number of ether oxygens (including phenoxy) is 2. The number of carbonyl (C=O) groups excluding carboxylic acids is 1. The molecule has 0 atom stereocenters. The van der Waals surface area contributed by atoms with Gasteiger partial charge in [-0.15, -0.1) is 0 Å². The normalized spacial score (nSPS) is 10.6. The molecule has 0 bridgehead atoms. The highest BCUT2D eigenvalue weighted by molar-refractivity contribution is 6.04. The van der Waals surface area contributed by atoms with E-state index in [1.807, 2.05) is 12.1 Å². The number of aryl methyl sites for hydroxylation is 2. The highest BCUT2D eigenvalue weighted by Crippen LogP contribution is 2.21. The number of hydrogen-bond acceptors (Lipinski definition) is 5. The molecule has 0 spiro atoms. The lowest BCUT2D eigenvalue weighted by atomic mass is 10.0. The van der Waals surface area contributed by atoms with Gasteiger partial charge in [0.2, 0.25) is 0 Å². The summed E-state index contributed by atoms with van der Waals surface area (Å²) in [7, 11) is 1.64. The molecular formula is C23H24FN3O3. The summed E-state index contributed by atoms with van der Waals surface area (Å²) in [6.45, 7) is 1.06. The van der Waals surface area contributed by atoms with Crippen LogP contribution in [0.4, 0.5) is 10.2 Å². The van der Waals surface area contributed by atoms with E-state index in [4.69, 9.17) is 9.47 Å². The Balaban J connectivity index is 1.76. The highest BCUT2D eigenvalue weighted by atomic mass is 19.1. The molecule has 156 valence electrons. The van der Waals surface area contributed by atoms with E-state index in [0.29, 0.717) is 48.7 Å². The second-order valence-corrected chi connectivity index (χ2v) is 6.70. The van der Waals surface area contributed by atoms with E-state index in [1.165, 1.54) is 24.7 Å². The summed E-state index contributed by atoms with van der Waals surface area (Å²) < 4.78 is 24.8. The summed E-state index contributed by atoms with van der Waals surface area (Å²) >= 11 is 0. The van der Waals surface area contributed by atoms with Gasteiger partial charge in [-0.05, 0) is 48.2 Å². The topological polar surface area (TPSA) is 73.3 Å². The Bertz CT molecular complexity index is 967. The Kier molecular flexibility index (Phi) is 7.86.